The van der Waals surface area contributed by atoms with Gasteiger partial charge >= 0.3 is 0 Å². The van der Waals surface area contributed by atoms with Gasteiger partial charge in [0.25, 0.3) is 10.0 Å². The molecule has 210 valence electrons. The normalized spacial score (nSPS) is 11.3. The minimum atomic E-state index is -3.97. The van der Waals surface area contributed by atoms with Crippen molar-refractivity contribution in [2.45, 2.75) is 31.3 Å². The smallest absolute Gasteiger partial charge is 0.263 e. The van der Waals surface area contributed by atoms with Gasteiger partial charge in [0.15, 0.2) is 0 Å². The summed E-state index contributed by atoms with van der Waals surface area (Å²) >= 11 is 0.914. The minimum Gasteiger partial charge on any atom is -0.455 e. The number of pyridine rings is 1. The van der Waals surface area contributed by atoms with Gasteiger partial charge in [0, 0.05) is 38.7 Å². The fourth-order valence-electron chi connectivity index (χ4n) is 4.07. The molecule has 0 aliphatic rings. The number of sulfonamides is 1. The molecular formula is C30H30N6O3S2. The number of anilines is 1. The van der Waals surface area contributed by atoms with E-state index in [-0.39, 0.29) is 24.2 Å². The molecule has 9 nitrogen and oxygen atoms in total. The third-order valence-electron chi connectivity index (χ3n) is 6.09. The highest BCUT2D eigenvalue weighted by molar-refractivity contribution is 7.93. The lowest BCUT2D eigenvalue weighted by molar-refractivity contribution is 0.482. The predicted molar refractivity (Wildman–Crippen MR) is 163 cm³/mol. The SMILES string of the molecule is CC(C)NCc1cc(-c2cc(-c3ccccc3)ccc2Oc2ccc(S(=O)(=O)Nc3ncns3)cc2C#N)ccn1.[HH].[HH]. The van der Waals surface area contributed by atoms with Crippen molar-refractivity contribution in [3.8, 4) is 39.8 Å². The van der Waals surface area contributed by atoms with Gasteiger partial charge in [-0.3, -0.25) is 9.71 Å². The number of aromatic nitrogens is 3. The molecule has 0 saturated heterocycles. The standard InChI is InChI=1S/C30H26N6O3S2.2H2/c1-20(2)33-18-25-14-23(12-13-32-25)27-16-22(21-6-4-3-5-7-21)8-10-29(27)39-28-11-9-26(15-24(28)17-31)41(37,38)36-30-34-19-35-40-30;;/h3-16,19-20,33H,18H2,1-2H3,(H,34,35,36);2*1H. The van der Waals surface area contributed by atoms with Crippen molar-refractivity contribution in [3.63, 3.8) is 0 Å². The van der Waals surface area contributed by atoms with Crippen LogP contribution in [0.3, 0.4) is 0 Å². The molecule has 11 heteroatoms. The minimum absolute atomic E-state index is 0. The van der Waals surface area contributed by atoms with E-state index in [0.29, 0.717) is 18.3 Å². The summed E-state index contributed by atoms with van der Waals surface area (Å²) in [5.41, 5.74) is 4.69. The number of benzene rings is 3. The van der Waals surface area contributed by atoms with Crippen LogP contribution in [0.4, 0.5) is 5.13 Å². The van der Waals surface area contributed by atoms with Crippen LogP contribution in [0.15, 0.2) is 96.3 Å². The molecular weight excluding hydrogens is 557 g/mol. The summed E-state index contributed by atoms with van der Waals surface area (Å²) in [7, 11) is -3.97. The van der Waals surface area contributed by atoms with Gasteiger partial charge < -0.3 is 10.1 Å². The predicted octanol–water partition coefficient (Wildman–Crippen LogP) is 6.72. The lowest BCUT2D eigenvalue weighted by Gasteiger charge is -2.16. The summed E-state index contributed by atoms with van der Waals surface area (Å²) < 4.78 is 38.1. The summed E-state index contributed by atoms with van der Waals surface area (Å²) in [6.45, 7) is 4.77. The van der Waals surface area contributed by atoms with Crippen molar-refractivity contribution in [1.29, 1.82) is 5.26 Å². The van der Waals surface area contributed by atoms with Crippen LogP contribution >= 0.6 is 11.5 Å². The van der Waals surface area contributed by atoms with E-state index in [9.17, 15) is 13.7 Å². The van der Waals surface area contributed by atoms with E-state index >= 15 is 0 Å². The van der Waals surface area contributed by atoms with Crippen molar-refractivity contribution in [2.24, 2.45) is 0 Å². The van der Waals surface area contributed by atoms with Gasteiger partial charge in [0.1, 0.15) is 23.9 Å². The lowest BCUT2D eigenvalue weighted by Crippen LogP contribution is -2.22. The average Bonchev–Trinajstić information content (AvgIpc) is 3.49. The Hall–Kier alpha value is -4.63. The highest BCUT2D eigenvalue weighted by atomic mass is 32.2. The Kier molecular flexibility index (Phi) is 8.35. The zero-order valence-electron chi connectivity index (χ0n) is 22.3. The molecule has 2 aromatic heterocycles. The first-order chi connectivity index (χ1) is 19.8. The number of nitrogens with zero attached hydrogens (tertiary/aromatic N) is 4. The second kappa shape index (κ2) is 12.3. The Balaban J connectivity index is 0.00000253. The molecule has 0 aliphatic heterocycles. The maximum Gasteiger partial charge on any atom is 0.263 e. The number of hydrogen-bond donors (Lipinski definition) is 2. The molecule has 0 amide bonds. The molecule has 5 aromatic rings. The van der Waals surface area contributed by atoms with E-state index in [1.165, 1.54) is 24.5 Å². The lowest BCUT2D eigenvalue weighted by atomic mass is 9.98. The molecule has 0 saturated carbocycles. The quantitative estimate of drug-likeness (QED) is 0.184. The van der Waals surface area contributed by atoms with Gasteiger partial charge in [-0.2, -0.15) is 9.64 Å². The number of ether oxygens (including phenoxy) is 1. The summed E-state index contributed by atoms with van der Waals surface area (Å²) in [6.07, 6.45) is 3.02. The fourth-order valence-corrected chi connectivity index (χ4v) is 5.76. The zero-order chi connectivity index (χ0) is 28.8. The van der Waals surface area contributed by atoms with Crippen LogP contribution in [-0.4, -0.2) is 28.8 Å². The second-order valence-electron chi connectivity index (χ2n) is 9.37. The van der Waals surface area contributed by atoms with E-state index in [2.05, 4.69) is 44.3 Å². The second-order valence-corrected chi connectivity index (χ2v) is 11.8. The largest absolute Gasteiger partial charge is 0.455 e. The molecule has 5 rings (SSSR count). The Bertz CT molecular complexity index is 1810. The van der Waals surface area contributed by atoms with E-state index < -0.39 is 10.0 Å². The van der Waals surface area contributed by atoms with Crippen molar-refractivity contribution in [3.05, 3.63) is 103 Å². The van der Waals surface area contributed by atoms with Crippen LogP contribution in [-0.2, 0) is 16.6 Å². The Morgan fingerprint density at radius 3 is 2.49 bits per heavy atom. The van der Waals surface area contributed by atoms with Crippen LogP contribution in [0.2, 0.25) is 0 Å². The third-order valence-corrected chi connectivity index (χ3v) is 8.14. The summed E-state index contributed by atoms with van der Waals surface area (Å²) in [4.78, 5) is 8.27. The zero-order valence-corrected chi connectivity index (χ0v) is 23.9. The van der Waals surface area contributed by atoms with Crippen molar-refractivity contribution >= 4 is 26.7 Å². The van der Waals surface area contributed by atoms with Crippen LogP contribution in [0.5, 0.6) is 11.5 Å². The Morgan fingerprint density at radius 2 is 1.76 bits per heavy atom. The average molecular weight is 587 g/mol. The molecule has 0 spiro atoms. The van der Waals surface area contributed by atoms with Gasteiger partial charge in [-0.25, -0.2) is 13.4 Å². The van der Waals surface area contributed by atoms with E-state index in [4.69, 9.17) is 4.74 Å². The Morgan fingerprint density at radius 1 is 0.951 bits per heavy atom. The van der Waals surface area contributed by atoms with Crippen molar-refractivity contribution < 1.29 is 16.0 Å². The summed E-state index contributed by atoms with van der Waals surface area (Å²) in [5.74, 6) is 0.740. The summed E-state index contributed by atoms with van der Waals surface area (Å²) in [6, 6.07) is 26.3. The van der Waals surface area contributed by atoms with E-state index in [1.54, 1.807) is 6.20 Å². The van der Waals surface area contributed by atoms with Crippen LogP contribution in [0.1, 0.15) is 28.0 Å². The van der Waals surface area contributed by atoms with Gasteiger partial charge in [0.05, 0.1) is 16.2 Å². The monoisotopic (exact) mass is 586 g/mol. The molecule has 0 fully saturated rings. The first-order valence-electron chi connectivity index (χ1n) is 12.7. The Labute approximate surface area is 245 Å². The van der Waals surface area contributed by atoms with Crippen molar-refractivity contribution in [1.82, 2.24) is 19.7 Å². The van der Waals surface area contributed by atoms with E-state index in [1.807, 2.05) is 60.7 Å². The van der Waals surface area contributed by atoms with Crippen LogP contribution in [0, 0.1) is 11.3 Å². The topological polar surface area (TPSA) is 130 Å². The maximum atomic E-state index is 12.8. The fraction of sp³-hybridized carbons (Fsp3) is 0.133. The van der Waals surface area contributed by atoms with Gasteiger partial charge in [-0.1, -0.05) is 50.2 Å². The molecule has 0 atom stereocenters. The molecule has 0 radical (unpaired) electrons. The number of nitriles is 1. The molecule has 2 heterocycles. The molecule has 41 heavy (non-hydrogen) atoms. The van der Waals surface area contributed by atoms with Crippen LogP contribution < -0.4 is 14.8 Å². The highest BCUT2D eigenvalue weighted by Crippen LogP contribution is 2.38. The maximum absolute atomic E-state index is 12.8. The van der Waals surface area contributed by atoms with Gasteiger partial charge in [0.2, 0.25) is 5.13 Å². The first-order valence-corrected chi connectivity index (χ1v) is 15.0. The highest BCUT2D eigenvalue weighted by Gasteiger charge is 2.20. The first kappa shape index (κ1) is 27.9. The summed E-state index contributed by atoms with van der Waals surface area (Å²) in [5, 5.41) is 13.4. The van der Waals surface area contributed by atoms with Gasteiger partial charge in [-0.15, -0.1) is 0 Å². The molecule has 0 unspecified atom stereocenters. The number of rotatable bonds is 10. The van der Waals surface area contributed by atoms with E-state index in [0.717, 1.165) is 39.5 Å². The molecule has 2 N–H and O–H groups in total. The molecule has 0 aliphatic carbocycles. The van der Waals surface area contributed by atoms with Crippen LogP contribution in [0.25, 0.3) is 22.3 Å². The number of nitrogens with one attached hydrogen (secondary N) is 2. The third kappa shape index (κ3) is 6.75. The number of hydrogen-bond acceptors (Lipinski definition) is 9. The molecule has 0 bridgehead atoms. The van der Waals surface area contributed by atoms with Gasteiger partial charge in [-0.05, 0) is 59.2 Å². The molecule has 3 aromatic carbocycles. The van der Waals surface area contributed by atoms with Crippen molar-refractivity contribution in [2.75, 3.05) is 4.72 Å².